The predicted molar refractivity (Wildman–Crippen MR) is 108 cm³/mol. The molecule has 0 aliphatic rings. The van der Waals surface area contributed by atoms with E-state index in [1.54, 1.807) is 0 Å². The minimum Gasteiger partial charge on any atom is -0.469 e. The molecule has 0 heterocycles. The van der Waals surface area contributed by atoms with Crippen molar-refractivity contribution in [2.24, 2.45) is 11.8 Å². The molecule has 0 amide bonds. The highest BCUT2D eigenvalue weighted by Gasteiger charge is 2.31. The molecule has 0 spiro atoms. The number of carbonyl (C=O) groups is 1. The lowest BCUT2D eigenvalue weighted by molar-refractivity contribution is -0.144. The summed E-state index contributed by atoms with van der Waals surface area (Å²) in [6.07, 6.45) is 10.3. The van der Waals surface area contributed by atoms with Crippen LogP contribution in [0.2, 0.25) is 0 Å². The van der Waals surface area contributed by atoms with Crippen molar-refractivity contribution in [3.8, 4) is 0 Å². The third kappa shape index (κ3) is 9.54. The van der Waals surface area contributed by atoms with Crippen molar-refractivity contribution in [1.29, 1.82) is 0 Å². The van der Waals surface area contributed by atoms with Crippen LogP contribution in [-0.4, -0.2) is 35.0 Å². The van der Waals surface area contributed by atoms with Crippen LogP contribution in [0.4, 0.5) is 0 Å². The van der Waals surface area contributed by atoms with Crippen LogP contribution >= 0.6 is 0 Å². The molecule has 0 rings (SSSR count). The van der Waals surface area contributed by atoms with Crippen molar-refractivity contribution in [2.75, 3.05) is 7.11 Å². The number of rotatable bonds is 13. The van der Waals surface area contributed by atoms with Crippen molar-refractivity contribution in [3.05, 3.63) is 23.8 Å². The number of aliphatic hydroxyl groups excluding tert-OH is 1. The Morgan fingerprint density at radius 2 is 1.81 bits per heavy atom. The standard InChI is InChI=1S/C22H40O4/c1-7-11-12-18(8-2)13-17(5)15-22(25,10-4)16-19(9-3)20(23)14-21(24)26-6/h11-12,15,18-20,23,25H,7-10,13-14,16H2,1-6H3. The van der Waals surface area contributed by atoms with E-state index < -0.39 is 17.7 Å². The van der Waals surface area contributed by atoms with Crippen molar-refractivity contribution >= 4 is 5.97 Å². The average Bonchev–Trinajstić information content (AvgIpc) is 2.62. The fourth-order valence-electron chi connectivity index (χ4n) is 3.34. The van der Waals surface area contributed by atoms with Gasteiger partial charge in [0.1, 0.15) is 0 Å². The first kappa shape index (κ1) is 24.9. The molecular formula is C22H40O4. The smallest absolute Gasteiger partial charge is 0.308 e. The number of esters is 1. The second-order valence-electron chi connectivity index (χ2n) is 7.38. The summed E-state index contributed by atoms with van der Waals surface area (Å²) in [7, 11) is 1.32. The van der Waals surface area contributed by atoms with Gasteiger partial charge in [0.05, 0.1) is 25.2 Å². The Labute approximate surface area is 160 Å². The summed E-state index contributed by atoms with van der Waals surface area (Å²) in [5.74, 6) is -0.0829. The number of carbonyl (C=O) groups excluding carboxylic acids is 1. The third-order valence-electron chi connectivity index (χ3n) is 5.17. The molecule has 0 saturated carbocycles. The number of aliphatic hydroxyl groups is 2. The van der Waals surface area contributed by atoms with Gasteiger partial charge in [0.25, 0.3) is 0 Å². The Bertz CT molecular complexity index is 455. The Kier molecular flexibility index (Phi) is 12.5. The predicted octanol–water partition coefficient (Wildman–Crippen LogP) is 4.80. The van der Waals surface area contributed by atoms with E-state index in [9.17, 15) is 15.0 Å². The average molecular weight is 369 g/mol. The molecule has 4 atom stereocenters. The molecule has 0 radical (unpaired) electrons. The summed E-state index contributed by atoms with van der Waals surface area (Å²) in [6, 6.07) is 0. The van der Waals surface area contributed by atoms with Crippen molar-refractivity contribution in [1.82, 2.24) is 0 Å². The van der Waals surface area contributed by atoms with Gasteiger partial charge in [0.15, 0.2) is 0 Å². The molecule has 4 nitrogen and oxygen atoms in total. The monoisotopic (exact) mass is 368 g/mol. The van der Waals surface area contributed by atoms with Crippen molar-refractivity contribution < 1.29 is 19.7 Å². The summed E-state index contributed by atoms with van der Waals surface area (Å²) < 4.78 is 4.65. The van der Waals surface area contributed by atoms with Gasteiger partial charge >= 0.3 is 5.97 Å². The Hall–Kier alpha value is -1.13. The molecule has 2 N–H and O–H groups in total. The van der Waals surface area contributed by atoms with E-state index >= 15 is 0 Å². The highest BCUT2D eigenvalue weighted by atomic mass is 16.5. The van der Waals surface area contributed by atoms with E-state index in [1.807, 2.05) is 19.9 Å². The van der Waals surface area contributed by atoms with E-state index in [0.717, 1.165) is 19.3 Å². The number of ether oxygens (including phenoxy) is 1. The molecule has 0 bridgehead atoms. The lowest BCUT2D eigenvalue weighted by atomic mass is 9.81. The van der Waals surface area contributed by atoms with Gasteiger partial charge in [-0.15, -0.1) is 0 Å². The first-order chi connectivity index (χ1) is 12.2. The quantitative estimate of drug-likeness (QED) is 0.362. The van der Waals surface area contributed by atoms with Gasteiger partial charge in [-0.05, 0) is 50.9 Å². The Morgan fingerprint density at radius 1 is 1.15 bits per heavy atom. The molecule has 4 heteroatoms. The lowest BCUT2D eigenvalue weighted by Crippen LogP contribution is -2.34. The van der Waals surface area contributed by atoms with E-state index in [0.29, 0.717) is 25.2 Å². The highest BCUT2D eigenvalue weighted by Crippen LogP contribution is 2.30. The molecule has 26 heavy (non-hydrogen) atoms. The van der Waals surface area contributed by atoms with Crippen LogP contribution in [0.15, 0.2) is 23.8 Å². The van der Waals surface area contributed by atoms with Gasteiger partial charge in [-0.2, -0.15) is 0 Å². The fraction of sp³-hybridized carbons (Fsp3) is 0.773. The summed E-state index contributed by atoms with van der Waals surface area (Å²) >= 11 is 0. The SMILES string of the molecule is CCC=CC(CC)CC(C)=CC(O)(CC)CC(CC)C(O)CC(=O)OC. The number of allylic oxidation sites excluding steroid dienone is 3. The Balaban J connectivity index is 5.10. The number of hydrogen-bond donors (Lipinski definition) is 2. The summed E-state index contributed by atoms with van der Waals surface area (Å²) in [5, 5.41) is 21.4. The zero-order valence-electron chi connectivity index (χ0n) is 17.6. The van der Waals surface area contributed by atoms with Crippen LogP contribution in [0.25, 0.3) is 0 Å². The minimum atomic E-state index is -0.964. The zero-order chi connectivity index (χ0) is 20.2. The Morgan fingerprint density at radius 3 is 2.27 bits per heavy atom. The van der Waals surface area contributed by atoms with E-state index in [-0.39, 0.29) is 12.3 Å². The maximum Gasteiger partial charge on any atom is 0.308 e. The van der Waals surface area contributed by atoms with E-state index in [1.165, 1.54) is 12.7 Å². The van der Waals surface area contributed by atoms with Gasteiger partial charge in [-0.3, -0.25) is 4.79 Å². The summed E-state index contributed by atoms with van der Waals surface area (Å²) in [5.41, 5.74) is 0.202. The first-order valence-electron chi connectivity index (χ1n) is 10.1. The maximum absolute atomic E-state index is 11.4. The topological polar surface area (TPSA) is 66.8 Å². The van der Waals surface area contributed by atoms with Gasteiger partial charge in [0.2, 0.25) is 0 Å². The van der Waals surface area contributed by atoms with Gasteiger partial charge in [0, 0.05) is 0 Å². The van der Waals surface area contributed by atoms with E-state index in [2.05, 4.69) is 37.7 Å². The van der Waals surface area contributed by atoms with Gasteiger partial charge in [-0.1, -0.05) is 57.9 Å². The van der Waals surface area contributed by atoms with Crippen molar-refractivity contribution in [3.63, 3.8) is 0 Å². The second kappa shape index (κ2) is 13.1. The van der Waals surface area contributed by atoms with Crippen LogP contribution < -0.4 is 0 Å². The third-order valence-corrected chi connectivity index (χ3v) is 5.17. The molecule has 0 aromatic heterocycles. The number of hydrogen-bond acceptors (Lipinski definition) is 4. The van der Waals surface area contributed by atoms with Crippen LogP contribution in [0.1, 0.15) is 79.6 Å². The van der Waals surface area contributed by atoms with Gasteiger partial charge < -0.3 is 14.9 Å². The maximum atomic E-state index is 11.4. The molecule has 0 saturated heterocycles. The normalized spacial score (nSPS) is 18.4. The molecular weight excluding hydrogens is 328 g/mol. The van der Waals surface area contributed by atoms with E-state index in [4.69, 9.17) is 0 Å². The first-order valence-corrected chi connectivity index (χ1v) is 10.1. The van der Waals surface area contributed by atoms with Crippen LogP contribution in [0, 0.1) is 11.8 Å². The van der Waals surface area contributed by atoms with Crippen LogP contribution in [0.3, 0.4) is 0 Å². The summed E-state index contributed by atoms with van der Waals surface area (Å²) in [6.45, 7) is 10.3. The molecule has 0 aliphatic heterocycles. The molecule has 0 fully saturated rings. The molecule has 0 aromatic rings. The highest BCUT2D eigenvalue weighted by molar-refractivity contribution is 5.69. The van der Waals surface area contributed by atoms with Crippen LogP contribution in [0.5, 0.6) is 0 Å². The zero-order valence-corrected chi connectivity index (χ0v) is 17.6. The summed E-state index contributed by atoms with van der Waals surface area (Å²) in [4.78, 5) is 11.4. The molecule has 152 valence electrons. The molecule has 0 aliphatic carbocycles. The van der Waals surface area contributed by atoms with Crippen LogP contribution in [-0.2, 0) is 9.53 Å². The molecule has 0 aromatic carbocycles. The minimum absolute atomic E-state index is 0.0305. The fourth-order valence-corrected chi connectivity index (χ4v) is 3.34. The number of methoxy groups -OCH3 is 1. The van der Waals surface area contributed by atoms with Crippen molar-refractivity contribution in [2.45, 2.75) is 91.3 Å². The van der Waals surface area contributed by atoms with Gasteiger partial charge in [-0.25, -0.2) is 0 Å². The lowest BCUT2D eigenvalue weighted by Gasteiger charge is -2.31. The second-order valence-corrected chi connectivity index (χ2v) is 7.38. The molecule has 4 unspecified atom stereocenters. The largest absolute Gasteiger partial charge is 0.469 e.